The van der Waals surface area contributed by atoms with Crippen LogP contribution in [0.25, 0.3) is 54.2 Å². The van der Waals surface area contributed by atoms with Crippen molar-refractivity contribution in [1.29, 1.82) is 0 Å². The minimum Gasteiger partial charge on any atom is -0.471 e. The van der Waals surface area contributed by atoms with Crippen LogP contribution in [0.2, 0.25) is 0 Å². The molecule has 0 atom stereocenters. The second-order valence-electron chi connectivity index (χ2n) is 14.4. The highest BCUT2D eigenvalue weighted by Gasteiger charge is 2.18. The molecule has 62 heavy (non-hydrogen) atoms. The quantitative estimate of drug-likeness (QED) is 0.104. The van der Waals surface area contributed by atoms with Crippen molar-refractivity contribution in [2.75, 3.05) is 53.4 Å². The molecule has 334 valence electrons. The highest BCUT2D eigenvalue weighted by molar-refractivity contribution is 7.27. The van der Waals surface area contributed by atoms with E-state index in [0.29, 0.717) is 13.0 Å². The molecule has 6 heterocycles. The van der Waals surface area contributed by atoms with Crippen LogP contribution in [0.1, 0.15) is 73.1 Å². The number of nitrogens with zero attached hydrogens (tertiary/aromatic N) is 4. The SMILES string of the molecule is CC(=O)NCC(=O)N1CCCC1.CCC.CCC.CNCC(=O)N1CCCC1.COC=O.c1ncc(-c2ccc(-c3csc4c(-c5ccc(-c6cnc[nH]6)cc5)csc34)cc2)[nH]1. The third-order valence-electron chi connectivity index (χ3n) is 9.13. The zero-order chi connectivity index (χ0) is 45.1. The van der Waals surface area contributed by atoms with Crippen LogP contribution in [-0.4, -0.2) is 107 Å². The van der Waals surface area contributed by atoms with Crippen LogP contribution in [0.15, 0.2) is 84.3 Å². The van der Waals surface area contributed by atoms with Crippen LogP contribution in [0.5, 0.6) is 0 Å². The van der Waals surface area contributed by atoms with Gasteiger partial charge in [-0.25, -0.2) is 9.97 Å². The average molecular weight is 885 g/mol. The molecule has 3 amide bonds. The number of ether oxygens (including phenoxy) is 1. The number of nitrogens with one attached hydrogen (secondary N) is 4. The number of H-pyrrole nitrogens is 2. The molecule has 0 aliphatic carbocycles. The molecule has 6 aromatic rings. The maximum Gasteiger partial charge on any atom is 0.292 e. The van der Waals surface area contributed by atoms with Gasteiger partial charge in [-0.2, -0.15) is 0 Å². The van der Waals surface area contributed by atoms with Crippen molar-refractivity contribution in [3.05, 3.63) is 84.3 Å². The Morgan fingerprint density at radius 2 is 1.03 bits per heavy atom. The second kappa shape index (κ2) is 28.8. The van der Waals surface area contributed by atoms with E-state index >= 15 is 0 Å². The zero-order valence-corrected chi connectivity index (χ0v) is 38.9. The third-order valence-corrected chi connectivity index (χ3v) is 11.3. The Labute approximate surface area is 374 Å². The number of thiophene rings is 2. The molecule has 2 saturated heterocycles. The summed E-state index contributed by atoms with van der Waals surface area (Å²) in [5.74, 6) is 0.116. The number of aromatic amines is 2. The number of hydrogen-bond acceptors (Lipinski definition) is 10. The second-order valence-corrected chi connectivity index (χ2v) is 16.2. The monoisotopic (exact) mass is 884 g/mol. The molecule has 2 aliphatic heterocycles. The molecule has 8 rings (SSSR count). The number of likely N-dealkylation sites (tertiary alicyclic amines) is 2. The number of imidazole rings is 2. The maximum atomic E-state index is 11.3. The molecule has 15 heteroatoms. The van der Waals surface area contributed by atoms with Crippen molar-refractivity contribution >= 4 is 56.3 Å². The Hall–Kier alpha value is -5.64. The Morgan fingerprint density at radius 1 is 0.677 bits per heavy atom. The van der Waals surface area contributed by atoms with Crippen molar-refractivity contribution in [3.8, 4) is 44.8 Å². The molecule has 0 saturated carbocycles. The first-order valence-electron chi connectivity index (χ1n) is 21.2. The minimum atomic E-state index is -0.150. The predicted molar refractivity (Wildman–Crippen MR) is 255 cm³/mol. The summed E-state index contributed by atoms with van der Waals surface area (Å²) in [6, 6.07) is 17.4. The number of benzene rings is 2. The summed E-state index contributed by atoms with van der Waals surface area (Å²) in [6.45, 7) is 14.5. The lowest BCUT2D eigenvalue weighted by molar-refractivity contribution is -0.131. The number of rotatable bonds is 9. The smallest absolute Gasteiger partial charge is 0.292 e. The van der Waals surface area contributed by atoms with Crippen molar-refractivity contribution in [2.24, 2.45) is 0 Å². The van der Waals surface area contributed by atoms with E-state index in [1.807, 2.05) is 40.0 Å². The largest absolute Gasteiger partial charge is 0.471 e. The molecule has 2 aromatic carbocycles. The Bertz CT molecular complexity index is 2020. The number of fused-ring (bicyclic) bond motifs is 1. The van der Waals surface area contributed by atoms with Crippen molar-refractivity contribution < 1.29 is 23.9 Å². The predicted octanol–water partition coefficient (Wildman–Crippen LogP) is 9.27. The number of amides is 3. The van der Waals surface area contributed by atoms with E-state index in [9.17, 15) is 14.4 Å². The lowest BCUT2D eigenvalue weighted by Gasteiger charge is -2.14. The first-order chi connectivity index (χ1) is 30.1. The highest BCUT2D eigenvalue weighted by Crippen LogP contribution is 2.44. The molecular formula is C47H64N8O5S2. The van der Waals surface area contributed by atoms with Gasteiger partial charge in [0.2, 0.25) is 17.7 Å². The molecule has 0 bridgehead atoms. The number of likely N-dealkylation sites (N-methyl/N-ethyl adjacent to an activating group) is 1. The molecular weight excluding hydrogens is 821 g/mol. The Kier molecular flexibility index (Phi) is 23.6. The first-order valence-corrected chi connectivity index (χ1v) is 23.0. The summed E-state index contributed by atoms with van der Waals surface area (Å²) in [7, 11) is 3.11. The van der Waals surface area contributed by atoms with Gasteiger partial charge in [-0.1, -0.05) is 89.1 Å². The fourth-order valence-electron chi connectivity index (χ4n) is 6.21. The minimum absolute atomic E-state index is 0.0303. The van der Waals surface area contributed by atoms with Crippen LogP contribution in [0.3, 0.4) is 0 Å². The molecule has 0 spiro atoms. The van der Waals surface area contributed by atoms with Gasteiger partial charge < -0.3 is 35.1 Å². The molecule has 0 unspecified atom stereocenters. The maximum absolute atomic E-state index is 11.3. The fourth-order valence-corrected chi connectivity index (χ4v) is 8.67. The summed E-state index contributed by atoms with van der Waals surface area (Å²) in [4.78, 5) is 60.0. The van der Waals surface area contributed by atoms with E-state index in [4.69, 9.17) is 4.79 Å². The van der Waals surface area contributed by atoms with Gasteiger partial charge in [-0.15, -0.1) is 22.7 Å². The van der Waals surface area contributed by atoms with E-state index < -0.39 is 0 Å². The molecule has 2 aliphatic rings. The Morgan fingerprint density at radius 3 is 1.34 bits per heavy atom. The fraction of sp³-hybridized carbons (Fsp3) is 0.404. The third kappa shape index (κ3) is 16.3. The topological polar surface area (TPSA) is 165 Å². The van der Waals surface area contributed by atoms with Gasteiger partial charge in [-0.05, 0) is 55.0 Å². The highest BCUT2D eigenvalue weighted by atomic mass is 32.1. The summed E-state index contributed by atoms with van der Waals surface area (Å²) < 4.78 is 6.56. The summed E-state index contributed by atoms with van der Waals surface area (Å²) in [5.41, 5.74) is 9.45. The summed E-state index contributed by atoms with van der Waals surface area (Å²) in [5, 5.41) is 9.89. The average Bonchev–Trinajstić information content (AvgIpc) is 4.14. The molecule has 13 nitrogen and oxygen atoms in total. The van der Waals surface area contributed by atoms with E-state index in [0.717, 1.165) is 61.5 Å². The van der Waals surface area contributed by atoms with Crippen LogP contribution < -0.4 is 10.6 Å². The number of hydrogen-bond donors (Lipinski definition) is 4. The van der Waals surface area contributed by atoms with Gasteiger partial charge >= 0.3 is 0 Å². The molecule has 2 fully saturated rings. The van der Waals surface area contributed by atoms with Crippen molar-refractivity contribution in [1.82, 2.24) is 40.4 Å². The van der Waals surface area contributed by atoms with Crippen LogP contribution >= 0.6 is 22.7 Å². The van der Waals surface area contributed by atoms with Crippen LogP contribution in [0.4, 0.5) is 0 Å². The number of methoxy groups -OCH3 is 1. The van der Waals surface area contributed by atoms with E-state index in [2.05, 4.69) is 122 Å². The summed E-state index contributed by atoms with van der Waals surface area (Å²) in [6.07, 6.45) is 14.1. The van der Waals surface area contributed by atoms with Gasteiger partial charge in [0.1, 0.15) is 0 Å². The van der Waals surface area contributed by atoms with Gasteiger partial charge in [0, 0.05) is 55.0 Å². The van der Waals surface area contributed by atoms with E-state index in [-0.39, 0.29) is 24.3 Å². The number of carbonyl (C=O) groups excluding carboxylic acids is 4. The Balaban J connectivity index is 0.000000263. The van der Waals surface area contributed by atoms with Gasteiger partial charge in [-0.3, -0.25) is 19.2 Å². The standard InChI is InChI=1S/C24H16N4S2.C8H14N2O2.C7H14N2O.2C3H8.C2H4O2/c1-5-17(21-9-25-13-27-21)6-2-15(1)19-11-29-24-20(12-30-23(19)24)16-3-7-18(8-4-16)22-10-26-14-28-22;1-7(11)9-6-8(12)10-4-2-3-5-10;1-8-6-7(10)9-4-2-3-5-9;2*1-3-2;1-4-2-3/h1-14H,(H,25,27)(H,26,28);2-6H2,1H3,(H,9,11);8H,2-6H2,1H3;2*3H2,1-2H3;2H,1H3. The van der Waals surface area contributed by atoms with Crippen molar-refractivity contribution in [2.45, 2.75) is 73.1 Å². The molecule has 4 N–H and O–H groups in total. The van der Waals surface area contributed by atoms with Crippen LogP contribution in [-0.2, 0) is 23.9 Å². The van der Waals surface area contributed by atoms with Gasteiger partial charge in [0.05, 0.1) is 66.0 Å². The number of aromatic nitrogens is 4. The lowest BCUT2D eigenvalue weighted by Crippen LogP contribution is -2.37. The lowest BCUT2D eigenvalue weighted by atomic mass is 10.0. The van der Waals surface area contributed by atoms with Crippen molar-refractivity contribution in [3.63, 3.8) is 0 Å². The van der Waals surface area contributed by atoms with E-state index in [1.54, 1.807) is 24.6 Å². The first kappa shape index (κ1) is 50.7. The number of carbonyl (C=O) groups is 4. The summed E-state index contributed by atoms with van der Waals surface area (Å²) >= 11 is 3.64. The normalized spacial score (nSPS) is 12.4. The van der Waals surface area contributed by atoms with E-state index in [1.165, 1.54) is 71.4 Å². The van der Waals surface area contributed by atoms with Gasteiger partial charge in [0.15, 0.2) is 0 Å². The zero-order valence-electron chi connectivity index (χ0n) is 37.3. The molecule has 4 aromatic heterocycles. The molecule has 0 radical (unpaired) electrons. The van der Waals surface area contributed by atoms with Gasteiger partial charge in [0.25, 0.3) is 6.47 Å². The van der Waals surface area contributed by atoms with Crippen LogP contribution in [0, 0.1) is 0 Å².